The summed E-state index contributed by atoms with van der Waals surface area (Å²) in [7, 11) is 1.76. The molecular weight excluding hydrogens is 268 g/mol. The number of hydrogen-bond donors (Lipinski definition) is 1. The molecule has 0 bridgehead atoms. The number of ether oxygens (including phenoxy) is 1. The molecule has 1 saturated heterocycles. The van der Waals surface area contributed by atoms with E-state index < -0.39 is 11.9 Å². The predicted octanol–water partition coefficient (Wildman–Crippen LogP) is 1.75. The normalized spacial score (nSPS) is 21.9. The maximum absolute atomic E-state index is 11.2. The van der Waals surface area contributed by atoms with Gasteiger partial charge in [0.2, 0.25) is 0 Å². The SMILES string of the molecule is CN(c1ccc(Cl)cc1C#N)C1COCC1C(=O)O. The van der Waals surface area contributed by atoms with Crippen molar-refractivity contribution >= 4 is 23.3 Å². The van der Waals surface area contributed by atoms with E-state index in [0.29, 0.717) is 22.9 Å². The molecule has 0 aromatic heterocycles. The Morgan fingerprint density at radius 2 is 2.32 bits per heavy atom. The molecule has 100 valence electrons. The van der Waals surface area contributed by atoms with Crippen LogP contribution in [0.3, 0.4) is 0 Å². The van der Waals surface area contributed by atoms with Crippen molar-refractivity contribution < 1.29 is 14.6 Å². The summed E-state index contributed by atoms with van der Waals surface area (Å²) < 4.78 is 5.24. The van der Waals surface area contributed by atoms with Crippen LogP contribution in [0.25, 0.3) is 0 Å². The van der Waals surface area contributed by atoms with E-state index in [-0.39, 0.29) is 12.6 Å². The Balaban J connectivity index is 2.32. The number of carboxylic acid groups (broad SMARTS) is 1. The molecule has 5 nitrogen and oxygen atoms in total. The Morgan fingerprint density at radius 1 is 1.58 bits per heavy atom. The molecule has 0 amide bonds. The lowest BCUT2D eigenvalue weighted by atomic mass is 10.0. The molecule has 1 heterocycles. The van der Waals surface area contributed by atoms with E-state index in [9.17, 15) is 4.79 Å². The Hall–Kier alpha value is -1.77. The second-order valence-corrected chi connectivity index (χ2v) is 4.87. The molecule has 0 radical (unpaired) electrons. The first-order valence-corrected chi connectivity index (χ1v) is 6.15. The zero-order valence-electron chi connectivity index (χ0n) is 10.3. The Morgan fingerprint density at radius 3 is 2.95 bits per heavy atom. The molecule has 0 aliphatic carbocycles. The van der Waals surface area contributed by atoms with Crippen LogP contribution in [0.4, 0.5) is 5.69 Å². The lowest BCUT2D eigenvalue weighted by Gasteiger charge is -2.29. The van der Waals surface area contributed by atoms with Crippen LogP contribution in [-0.2, 0) is 9.53 Å². The minimum absolute atomic E-state index is 0.194. The van der Waals surface area contributed by atoms with Crippen molar-refractivity contribution in [3.8, 4) is 6.07 Å². The number of carbonyl (C=O) groups is 1. The molecule has 1 aliphatic heterocycles. The fraction of sp³-hybridized carbons (Fsp3) is 0.385. The smallest absolute Gasteiger partial charge is 0.311 e. The number of likely N-dealkylation sites (N-methyl/N-ethyl adjacent to an activating group) is 1. The highest BCUT2D eigenvalue weighted by atomic mass is 35.5. The van der Waals surface area contributed by atoms with E-state index in [4.69, 9.17) is 26.7 Å². The summed E-state index contributed by atoms with van der Waals surface area (Å²) in [5.41, 5.74) is 1.08. The second kappa shape index (κ2) is 5.47. The fourth-order valence-electron chi connectivity index (χ4n) is 2.24. The summed E-state index contributed by atoms with van der Waals surface area (Å²) in [6.07, 6.45) is 0. The number of nitrogens with zero attached hydrogens (tertiary/aromatic N) is 2. The second-order valence-electron chi connectivity index (χ2n) is 4.43. The molecule has 1 N–H and O–H groups in total. The third-order valence-electron chi connectivity index (χ3n) is 3.32. The van der Waals surface area contributed by atoms with Gasteiger partial charge in [-0.2, -0.15) is 5.26 Å². The summed E-state index contributed by atoms with van der Waals surface area (Å²) >= 11 is 5.85. The van der Waals surface area contributed by atoms with Gasteiger partial charge in [0.05, 0.1) is 30.5 Å². The molecule has 2 unspecified atom stereocenters. The van der Waals surface area contributed by atoms with E-state index in [1.54, 1.807) is 30.1 Å². The van der Waals surface area contributed by atoms with Crippen LogP contribution in [-0.4, -0.2) is 37.4 Å². The quantitative estimate of drug-likeness (QED) is 0.913. The minimum atomic E-state index is -0.887. The van der Waals surface area contributed by atoms with Gasteiger partial charge >= 0.3 is 5.97 Å². The van der Waals surface area contributed by atoms with Gasteiger partial charge in [0.25, 0.3) is 0 Å². The van der Waals surface area contributed by atoms with Gasteiger partial charge in [-0.25, -0.2) is 0 Å². The van der Waals surface area contributed by atoms with Crippen LogP contribution in [0.1, 0.15) is 5.56 Å². The molecule has 2 atom stereocenters. The van der Waals surface area contributed by atoms with Crippen molar-refractivity contribution in [2.75, 3.05) is 25.2 Å². The molecule has 19 heavy (non-hydrogen) atoms. The summed E-state index contributed by atoms with van der Waals surface area (Å²) in [6.45, 7) is 0.529. The fourth-order valence-corrected chi connectivity index (χ4v) is 2.42. The highest BCUT2D eigenvalue weighted by molar-refractivity contribution is 6.30. The van der Waals surface area contributed by atoms with Gasteiger partial charge in [-0.05, 0) is 18.2 Å². The molecule has 0 saturated carbocycles. The zero-order valence-corrected chi connectivity index (χ0v) is 11.1. The largest absolute Gasteiger partial charge is 0.481 e. The molecule has 1 aromatic rings. The summed E-state index contributed by atoms with van der Waals surface area (Å²) in [5, 5.41) is 18.8. The Kier molecular flexibility index (Phi) is 3.93. The average Bonchev–Trinajstić information content (AvgIpc) is 2.87. The van der Waals surface area contributed by atoms with Crippen LogP contribution in [0.15, 0.2) is 18.2 Å². The Bertz CT molecular complexity index is 541. The number of nitriles is 1. The van der Waals surface area contributed by atoms with Gasteiger partial charge in [0.15, 0.2) is 0 Å². The van der Waals surface area contributed by atoms with Gasteiger partial charge in [0.1, 0.15) is 12.0 Å². The van der Waals surface area contributed by atoms with Crippen molar-refractivity contribution in [3.63, 3.8) is 0 Å². The number of carboxylic acids is 1. The van der Waals surface area contributed by atoms with Gasteiger partial charge in [-0.3, -0.25) is 4.79 Å². The molecule has 6 heteroatoms. The summed E-state index contributed by atoms with van der Waals surface area (Å²) in [5.74, 6) is -1.48. The van der Waals surface area contributed by atoms with Gasteiger partial charge in [-0.15, -0.1) is 0 Å². The molecule has 2 rings (SSSR count). The first-order valence-electron chi connectivity index (χ1n) is 5.77. The van der Waals surface area contributed by atoms with Crippen LogP contribution in [0.2, 0.25) is 5.02 Å². The topological polar surface area (TPSA) is 73.6 Å². The van der Waals surface area contributed by atoms with E-state index in [1.807, 2.05) is 0 Å². The van der Waals surface area contributed by atoms with Crippen molar-refractivity contribution in [1.29, 1.82) is 5.26 Å². The van der Waals surface area contributed by atoms with E-state index >= 15 is 0 Å². The number of hydrogen-bond acceptors (Lipinski definition) is 4. The van der Waals surface area contributed by atoms with E-state index in [0.717, 1.165) is 0 Å². The number of rotatable bonds is 3. The lowest BCUT2D eigenvalue weighted by molar-refractivity contribution is -0.141. The van der Waals surface area contributed by atoms with E-state index in [1.165, 1.54) is 0 Å². The van der Waals surface area contributed by atoms with Crippen molar-refractivity contribution in [3.05, 3.63) is 28.8 Å². The predicted molar refractivity (Wildman–Crippen MR) is 70.3 cm³/mol. The van der Waals surface area contributed by atoms with Gasteiger partial charge in [-0.1, -0.05) is 11.6 Å². The van der Waals surface area contributed by atoms with Crippen LogP contribution in [0.5, 0.6) is 0 Å². The lowest BCUT2D eigenvalue weighted by Crippen LogP contribution is -2.41. The third-order valence-corrected chi connectivity index (χ3v) is 3.56. The van der Waals surface area contributed by atoms with E-state index in [2.05, 4.69) is 6.07 Å². The molecule has 1 aliphatic rings. The summed E-state index contributed by atoms with van der Waals surface area (Å²) in [4.78, 5) is 12.9. The number of halogens is 1. The van der Waals surface area contributed by atoms with Gasteiger partial charge < -0.3 is 14.7 Å². The number of anilines is 1. The van der Waals surface area contributed by atoms with Crippen LogP contribution >= 0.6 is 11.6 Å². The summed E-state index contributed by atoms with van der Waals surface area (Å²) in [6, 6.07) is 6.75. The molecule has 1 fully saturated rings. The van der Waals surface area contributed by atoms with Crippen LogP contribution in [0, 0.1) is 17.2 Å². The first-order chi connectivity index (χ1) is 9.04. The number of aliphatic carboxylic acids is 1. The monoisotopic (exact) mass is 280 g/mol. The zero-order chi connectivity index (χ0) is 14.0. The molecule has 0 spiro atoms. The van der Waals surface area contributed by atoms with Crippen molar-refractivity contribution in [1.82, 2.24) is 0 Å². The van der Waals surface area contributed by atoms with Crippen molar-refractivity contribution in [2.24, 2.45) is 5.92 Å². The third kappa shape index (κ3) is 2.65. The van der Waals surface area contributed by atoms with Gasteiger partial charge in [0, 0.05) is 12.1 Å². The van der Waals surface area contributed by atoms with Crippen LogP contribution < -0.4 is 4.90 Å². The maximum atomic E-state index is 11.2. The standard InChI is InChI=1S/C13H13ClN2O3/c1-16(12-7-19-6-10(12)13(17)18)11-3-2-9(14)4-8(11)5-15/h2-4,10,12H,6-7H2,1H3,(H,17,18). The highest BCUT2D eigenvalue weighted by Crippen LogP contribution is 2.28. The molecular formula is C13H13ClN2O3. The minimum Gasteiger partial charge on any atom is -0.481 e. The molecule has 1 aromatic carbocycles. The van der Waals surface area contributed by atoms with Crippen molar-refractivity contribution in [2.45, 2.75) is 6.04 Å². The number of benzene rings is 1. The Labute approximate surface area is 116 Å². The maximum Gasteiger partial charge on any atom is 0.311 e. The average molecular weight is 281 g/mol. The highest BCUT2D eigenvalue weighted by Gasteiger charge is 2.37. The first kappa shape index (κ1) is 13.7.